The third-order valence-electron chi connectivity index (χ3n) is 4.32. The van der Waals surface area contributed by atoms with Crippen LogP contribution in [0.4, 0.5) is 11.6 Å². The largest absolute Gasteiger partial charge is 0.350 e. The lowest BCUT2D eigenvalue weighted by molar-refractivity contribution is -0.116. The number of H-pyrrole nitrogens is 1. The van der Waals surface area contributed by atoms with Crippen LogP contribution < -0.4 is 16.2 Å². The Morgan fingerprint density at radius 3 is 2.74 bits per heavy atom. The number of anilines is 2. The van der Waals surface area contributed by atoms with Gasteiger partial charge in [-0.2, -0.15) is 0 Å². The molecule has 0 spiro atoms. The number of benzene rings is 1. The van der Waals surface area contributed by atoms with E-state index in [2.05, 4.69) is 20.6 Å². The maximum absolute atomic E-state index is 12.1. The van der Waals surface area contributed by atoms with Crippen LogP contribution in [-0.4, -0.2) is 33.2 Å². The summed E-state index contributed by atoms with van der Waals surface area (Å²) in [7, 11) is -3.91. The molecule has 3 rings (SSSR count). The monoisotopic (exact) mass is 462 g/mol. The first-order valence-corrected chi connectivity index (χ1v) is 12.1. The number of fused-ring (bicyclic) bond motifs is 1. The van der Waals surface area contributed by atoms with Gasteiger partial charge in [0.15, 0.2) is 0 Å². The van der Waals surface area contributed by atoms with E-state index in [0.717, 1.165) is 5.56 Å². The molecule has 1 aromatic carbocycles. The second-order valence-corrected chi connectivity index (χ2v) is 9.47. The summed E-state index contributed by atoms with van der Waals surface area (Å²) in [5, 5.41) is 7.36. The number of aromatic nitrogens is 2. The molecule has 0 aliphatic carbocycles. The van der Waals surface area contributed by atoms with Crippen LogP contribution in [0.1, 0.15) is 25.8 Å². The van der Waals surface area contributed by atoms with Crippen molar-refractivity contribution in [2.75, 3.05) is 11.9 Å². The summed E-state index contributed by atoms with van der Waals surface area (Å²) < 4.78 is 17.5. The third kappa shape index (κ3) is 5.89. The van der Waals surface area contributed by atoms with E-state index >= 15 is 0 Å². The summed E-state index contributed by atoms with van der Waals surface area (Å²) in [4.78, 5) is 41.1. The van der Waals surface area contributed by atoms with Crippen molar-refractivity contribution in [3.63, 3.8) is 0 Å². The molecular formula is C20H23N4O5PS. The molecule has 2 unspecified atom stereocenters. The zero-order valence-corrected chi connectivity index (χ0v) is 18.7. The molecule has 0 aliphatic rings. The number of rotatable bonds is 9. The van der Waals surface area contributed by atoms with Gasteiger partial charge in [0, 0.05) is 11.8 Å². The number of nitrogens with one attached hydrogen (secondary N) is 3. The van der Waals surface area contributed by atoms with Gasteiger partial charge in [-0.25, -0.2) is 4.98 Å². The van der Waals surface area contributed by atoms with Crippen molar-refractivity contribution >= 4 is 52.8 Å². The average molecular weight is 462 g/mol. The molecule has 0 saturated carbocycles. The Kier molecular flexibility index (Phi) is 7.40. The molecule has 9 nitrogen and oxygen atoms in total. The quantitative estimate of drug-likeness (QED) is 0.281. The maximum atomic E-state index is 12.1. The van der Waals surface area contributed by atoms with Gasteiger partial charge >= 0.3 is 7.60 Å². The molecule has 2 atom stereocenters. The Balaban J connectivity index is 1.63. The summed E-state index contributed by atoms with van der Waals surface area (Å²) in [6.07, 6.45) is 3.15. The number of nitrogens with zero attached hydrogens (tertiary/aromatic N) is 1. The summed E-state index contributed by atoms with van der Waals surface area (Å²) >= 11 is 1.34. The van der Waals surface area contributed by atoms with E-state index in [4.69, 9.17) is 4.52 Å². The van der Waals surface area contributed by atoms with Crippen LogP contribution in [0.5, 0.6) is 0 Å². The molecule has 0 radical (unpaired) electrons. The Labute approximate surface area is 182 Å². The Hall–Kier alpha value is -2.78. The van der Waals surface area contributed by atoms with Gasteiger partial charge in [-0.15, -0.1) is 11.3 Å². The molecule has 164 valence electrons. The standard InChI is InChI=1S/C20H23N4O5PS/c1-3-17(30(27,28)29-4-2)23-16(25)10-7-13-5-8-14(9-6-13)21-20-22-15-11-12-31-18(15)19(26)24-20/h5-12,17H,3-4H2,1-2H3,(H,23,25)(H,27,28)(H2,21,22,24,26)/b10-7+. The summed E-state index contributed by atoms with van der Waals surface area (Å²) in [5.74, 6) is -1.12. The fourth-order valence-electron chi connectivity index (χ4n) is 2.82. The highest BCUT2D eigenvalue weighted by Gasteiger charge is 2.31. The van der Waals surface area contributed by atoms with E-state index in [1.165, 1.54) is 17.4 Å². The van der Waals surface area contributed by atoms with E-state index in [1.807, 2.05) is 5.38 Å². The van der Waals surface area contributed by atoms with Crippen molar-refractivity contribution in [1.29, 1.82) is 0 Å². The van der Waals surface area contributed by atoms with Crippen LogP contribution in [-0.2, 0) is 13.9 Å². The van der Waals surface area contributed by atoms with Gasteiger partial charge in [0.05, 0.1) is 12.1 Å². The predicted molar refractivity (Wildman–Crippen MR) is 123 cm³/mol. The predicted octanol–water partition coefficient (Wildman–Crippen LogP) is 3.82. The normalized spacial score (nSPS) is 14.4. The molecule has 0 bridgehead atoms. The fourth-order valence-corrected chi connectivity index (χ4v) is 4.85. The molecular weight excluding hydrogens is 439 g/mol. The molecule has 0 fully saturated rings. The highest BCUT2D eigenvalue weighted by atomic mass is 32.1. The molecule has 1 amide bonds. The number of hydrogen-bond donors (Lipinski definition) is 4. The van der Waals surface area contributed by atoms with Gasteiger partial charge in [0.1, 0.15) is 10.5 Å². The van der Waals surface area contributed by atoms with Gasteiger partial charge in [0.25, 0.3) is 5.56 Å². The van der Waals surface area contributed by atoms with E-state index in [0.29, 0.717) is 21.9 Å². The first kappa shape index (κ1) is 22.9. The topological polar surface area (TPSA) is 133 Å². The fraction of sp³-hybridized carbons (Fsp3) is 0.250. The van der Waals surface area contributed by atoms with Crippen molar-refractivity contribution in [2.45, 2.75) is 26.1 Å². The van der Waals surface area contributed by atoms with Crippen LogP contribution in [0.25, 0.3) is 16.3 Å². The number of hydrogen-bond acceptors (Lipinski definition) is 7. The Morgan fingerprint density at radius 1 is 1.32 bits per heavy atom. The number of amides is 1. The highest BCUT2D eigenvalue weighted by molar-refractivity contribution is 7.53. The number of carbonyl (C=O) groups excluding carboxylic acids is 1. The van der Waals surface area contributed by atoms with Crippen LogP contribution in [0, 0.1) is 0 Å². The molecule has 11 heteroatoms. The van der Waals surface area contributed by atoms with Crippen molar-refractivity contribution in [3.05, 3.63) is 57.7 Å². The van der Waals surface area contributed by atoms with E-state index < -0.39 is 19.3 Å². The van der Waals surface area contributed by atoms with E-state index in [1.54, 1.807) is 50.3 Å². The molecule has 0 saturated heterocycles. The zero-order valence-electron chi connectivity index (χ0n) is 17.0. The number of aromatic amines is 1. The van der Waals surface area contributed by atoms with Crippen molar-refractivity contribution in [1.82, 2.24) is 15.3 Å². The van der Waals surface area contributed by atoms with Gasteiger partial charge in [-0.1, -0.05) is 19.1 Å². The minimum Gasteiger partial charge on any atom is -0.338 e. The molecule has 4 N–H and O–H groups in total. The van der Waals surface area contributed by atoms with Crippen LogP contribution >= 0.6 is 18.9 Å². The maximum Gasteiger partial charge on any atom is 0.350 e. The Bertz CT molecular complexity index is 1190. The second-order valence-electron chi connectivity index (χ2n) is 6.54. The van der Waals surface area contributed by atoms with Gasteiger partial charge in [-0.05, 0) is 48.6 Å². The van der Waals surface area contributed by atoms with Gasteiger partial charge in [0.2, 0.25) is 11.9 Å². The van der Waals surface area contributed by atoms with E-state index in [9.17, 15) is 19.0 Å². The highest BCUT2D eigenvalue weighted by Crippen LogP contribution is 2.47. The second kappa shape index (κ2) is 10.0. The van der Waals surface area contributed by atoms with Crippen molar-refractivity contribution in [3.8, 4) is 0 Å². The minimum atomic E-state index is -3.91. The average Bonchev–Trinajstić information content (AvgIpc) is 3.20. The van der Waals surface area contributed by atoms with Crippen LogP contribution in [0.2, 0.25) is 0 Å². The summed E-state index contributed by atoms with van der Waals surface area (Å²) in [5.41, 5.74) is 1.89. The molecule has 2 heterocycles. The van der Waals surface area contributed by atoms with Crippen LogP contribution in [0.15, 0.2) is 46.6 Å². The Morgan fingerprint density at radius 2 is 2.06 bits per heavy atom. The molecule has 0 aliphatic heterocycles. The zero-order chi connectivity index (χ0) is 22.4. The first-order chi connectivity index (χ1) is 14.8. The third-order valence-corrected chi connectivity index (χ3v) is 7.13. The van der Waals surface area contributed by atoms with Gasteiger partial charge in [-0.3, -0.25) is 19.1 Å². The molecule has 2 aromatic heterocycles. The summed E-state index contributed by atoms with van der Waals surface area (Å²) in [6.45, 7) is 3.39. The van der Waals surface area contributed by atoms with E-state index in [-0.39, 0.29) is 18.6 Å². The first-order valence-electron chi connectivity index (χ1n) is 9.62. The molecule has 3 aromatic rings. The van der Waals surface area contributed by atoms with Gasteiger partial charge < -0.3 is 20.1 Å². The van der Waals surface area contributed by atoms with Crippen molar-refractivity contribution in [2.24, 2.45) is 0 Å². The lowest BCUT2D eigenvalue weighted by atomic mass is 10.2. The lowest BCUT2D eigenvalue weighted by Gasteiger charge is -2.21. The number of carbonyl (C=O) groups is 1. The molecule has 31 heavy (non-hydrogen) atoms. The van der Waals surface area contributed by atoms with Crippen LogP contribution in [0.3, 0.4) is 0 Å². The smallest absolute Gasteiger partial charge is 0.338 e. The number of thiophene rings is 1. The summed E-state index contributed by atoms with van der Waals surface area (Å²) in [6, 6.07) is 8.90. The lowest BCUT2D eigenvalue weighted by Crippen LogP contribution is -2.33. The van der Waals surface area contributed by atoms with Crippen molar-refractivity contribution < 1.29 is 18.8 Å². The minimum absolute atomic E-state index is 0.0842. The SMILES string of the molecule is CCOP(=O)(O)C(CC)NC(=O)/C=C/c1ccc(Nc2nc3ccsc3c(=O)[nH]2)cc1.